The average Bonchev–Trinajstić information content (AvgIpc) is 3.41. The van der Waals surface area contributed by atoms with Gasteiger partial charge >= 0.3 is 0 Å². The smallest absolute Gasteiger partial charge is 0.260 e. The monoisotopic (exact) mass is 455 g/mol. The van der Waals surface area contributed by atoms with E-state index in [1.165, 1.54) is 0 Å². The molecule has 0 spiro atoms. The van der Waals surface area contributed by atoms with Crippen LogP contribution in [-0.2, 0) is 14.3 Å². The zero-order chi connectivity index (χ0) is 23.2. The molecule has 0 N–H and O–H groups in total. The maximum absolute atomic E-state index is 12.7. The number of ether oxygens (including phenoxy) is 6. The molecule has 0 saturated heterocycles. The van der Waals surface area contributed by atoms with Crippen LogP contribution in [0, 0.1) is 0 Å². The van der Waals surface area contributed by atoms with Crippen molar-refractivity contribution < 1.29 is 38.0 Å². The van der Waals surface area contributed by atoms with E-state index in [0.29, 0.717) is 54.9 Å². The molecule has 4 rings (SSSR count). The number of amides is 1. The zero-order valence-corrected chi connectivity index (χ0v) is 18.5. The van der Waals surface area contributed by atoms with Crippen molar-refractivity contribution in [1.82, 2.24) is 4.90 Å². The van der Waals surface area contributed by atoms with Crippen LogP contribution in [0.5, 0.6) is 23.0 Å². The fourth-order valence-corrected chi connectivity index (χ4v) is 3.41. The third-order valence-electron chi connectivity index (χ3n) is 5.18. The van der Waals surface area contributed by atoms with Gasteiger partial charge in [0, 0.05) is 33.4 Å². The van der Waals surface area contributed by atoms with Gasteiger partial charge in [0.2, 0.25) is 12.6 Å². The molecule has 0 fully saturated rings. The molecular weight excluding hydrogens is 430 g/mol. The molecule has 174 valence electrons. The Morgan fingerprint density at radius 2 is 1.76 bits per heavy atom. The predicted molar refractivity (Wildman–Crippen MR) is 118 cm³/mol. The summed E-state index contributed by atoms with van der Waals surface area (Å²) in [7, 11) is 3.16. The number of rotatable bonds is 10. The second kappa shape index (κ2) is 10.4. The Morgan fingerprint density at radius 1 is 1.00 bits per heavy atom. The van der Waals surface area contributed by atoms with E-state index in [9.17, 15) is 9.59 Å². The van der Waals surface area contributed by atoms with Crippen LogP contribution in [0.1, 0.15) is 15.9 Å². The normalized spacial score (nSPS) is 14.8. The molecule has 33 heavy (non-hydrogen) atoms. The number of ketones is 1. The Balaban J connectivity index is 1.40. The van der Waals surface area contributed by atoms with Crippen LogP contribution in [-0.4, -0.2) is 70.5 Å². The summed E-state index contributed by atoms with van der Waals surface area (Å²) in [6.07, 6.45) is 1.65. The number of Topliss-reactive ketones (excluding diaryl/α,β-unsaturated/α-hetero) is 1. The van der Waals surface area contributed by atoms with Gasteiger partial charge in [-0.15, -0.1) is 0 Å². The van der Waals surface area contributed by atoms with Crippen LogP contribution in [0.3, 0.4) is 0 Å². The molecule has 0 aromatic heterocycles. The molecule has 2 aromatic rings. The van der Waals surface area contributed by atoms with Crippen molar-refractivity contribution in [3.63, 3.8) is 0 Å². The topological polar surface area (TPSA) is 92.8 Å². The maximum Gasteiger partial charge on any atom is 0.260 e. The second-order valence-electron chi connectivity index (χ2n) is 7.37. The van der Waals surface area contributed by atoms with E-state index < -0.39 is 0 Å². The molecular formula is C24H25NO8. The van der Waals surface area contributed by atoms with Gasteiger partial charge in [-0.1, -0.05) is 6.07 Å². The van der Waals surface area contributed by atoms with E-state index in [2.05, 4.69) is 0 Å². The van der Waals surface area contributed by atoms with Gasteiger partial charge in [-0.05, 0) is 35.9 Å². The summed E-state index contributed by atoms with van der Waals surface area (Å²) in [6, 6.07) is 10.3. The van der Waals surface area contributed by atoms with Crippen molar-refractivity contribution in [3.8, 4) is 23.0 Å². The number of carbonyl (C=O) groups is 2. The second-order valence-corrected chi connectivity index (χ2v) is 7.37. The van der Waals surface area contributed by atoms with Gasteiger partial charge < -0.3 is 33.3 Å². The number of fused-ring (bicyclic) bond motifs is 2. The van der Waals surface area contributed by atoms with Crippen molar-refractivity contribution in [3.05, 3.63) is 53.3 Å². The Morgan fingerprint density at radius 3 is 2.52 bits per heavy atom. The Labute approximate surface area is 191 Å². The third-order valence-corrected chi connectivity index (χ3v) is 5.18. The minimum atomic E-state index is -0.226. The molecule has 0 aliphatic carbocycles. The quantitative estimate of drug-likeness (QED) is 0.505. The number of nitrogens with zero attached hydrogens (tertiary/aromatic N) is 1. The number of carbonyl (C=O) groups excluding carboxylic acids is 2. The highest BCUT2D eigenvalue weighted by Gasteiger charge is 2.28. The highest BCUT2D eigenvalue weighted by atomic mass is 16.7. The van der Waals surface area contributed by atoms with Crippen LogP contribution < -0.4 is 18.9 Å². The van der Waals surface area contributed by atoms with Crippen LogP contribution >= 0.6 is 0 Å². The molecule has 0 unspecified atom stereocenters. The van der Waals surface area contributed by atoms with E-state index in [1.54, 1.807) is 55.5 Å². The summed E-state index contributed by atoms with van der Waals surface area (Å²) in [6.45, 7) is 1.75. The molecule has 2 aliphatic rings. The number of hydrogen-bond acceptors (Lipinski definition) is 8. The molecule has 0 bridgehead atoms. The molecule has 0 atom stereocenters. The summed E-state index contributed by atoms with van der Waals surface area (Å²) in [4.78, 5) is 26.9. The lowest BCUT2D eigenvalue weighted by Gasteiger charge is -2.22. The van der Waals surface area contributed by atoms with Gasteiger partial charge in [0.05, 0.1) is 18.8 Å². The fraction of sp³-hybridized carbons (Fsp3) is 0.333. The molecule has 0 saturated carbocycles. The molecule has 2 aliphatic heterocycles. The lowest BCUT2D eigenvalue weighted by Crippen LogP contribution is -2.39. The molecule has 9 heteroatoms. The van der Waals surface area contributed by atoms with Crippen molar-refractivity contribution in [2.24, 2.45) is 0 Å². The van der Waals surface area contributed by atoms with Crippen molar-refractivity contribution in [2.45, 2.75) is 0 Å². The molecule has 9 nitrogen and oxygen atoms in total. The number of benzene rings is 2. The minimum Gasteiger partial charge on any atom is -0.484 e. The van der Waals surface area contributed by atoms with E-state index in [0.717, 1.165) is 5.56 Å². The van der Waals surface area contributed by atoms with Crippen molar-refractivity contribution >= 4 is 17.8 Å². The van der Waals surface area contributed by atoms with Gasteiger partial charge in [0.1, 0.15) is 11.5 Å². The van der Waals surface area contributed by atoms with Crippen LogP contribution in [0.25, 0.3) is 6.08 Å². The summed E-state index contributed by atoms with van der Waals surface area (Å²) in [5.41, 5.74) is 1.19. The summed E-state index contributed by atoms with van der Waals surface area (Å²) >= 11 is 0. The third kappa shape index (κ3) is 5.27. The lowest BCUT2D eigenvalue weighted by molar-refractivity contribution is -0.134. The van der Waals surface area contributed by atoms with Gasteiger partial charge in [-0.2, -0.15) is 0 Å². The van der Waals surface area contributed by atoms with E-state index >= 15 is 0 Å². The van der Waals surface area contributed by atoms with E-state index in [-0.39, 0.29) is 30.8 Å². The maximum atomic E-state index is 12.7. The predicted octanol–water partition coefficient (Wildman–Crippen LogP) is 2.53. The van der Waals surface area contributed by atoms with Crippen molar-refractivity contribution in [2.75, 3.05) is 53.9 Å². The van der Waals surface area contributed by atoms with Gasteiger partial charge in [-0.25, -0.2) is 0 Å². The van der Waals surface area contributed by atoms with Gasteiger partial charge in [0.25, 0.3) is 5.91 Å². The molecule has 2 heterocycles. The average molecular weight is 455 g/mol. The Bertz CT molecular complexity index is 1060. The standard InChI is InChI=1S/C24H25NO8/c1-28-9-7-25(8-10-29-2)23(26)14-30-17-4-5-18-20(13-17)33-22(24(18)27)12-16-3-6-19-21(11-16)32-15-31-19/h3-6,11-13H,7-10,14-15H2,1-2H3. The highest BCUT2D eigenvalue weighted by Crippen LogP contribution is 2.37. The zero-order valence-electron chi connectivity index (χ0n) is 18.5. The number of methoxy groups -OCH3 is 2. The van der Waals surface area contributed by atoms with Crippen LogP contribution in [0.15, 0.2) is 42.2 Å². The Kier molecular flexibility index (Phi) is 7.11. The lowest BCUT2D eigenvalue weighted by atomic mass is 10.1. The van der Waals surface area contributed by atoms with Gasteiger partial charge in [-0.3, -0.25) is 9.59 Å². The summed E-state index contributed by atoms with van der Waals surface area (Å²) < 4.78 is 32.2. The van der Waals surface area contributed by atoms with Crippen LogP contribution in [0.4, 0.5) is 0 Å². The van der Waals surface area contributed by atoms with Crippen LogP contribution in [0.2, 0.25) is 0 Å². The van der Waals surface area contributed by atoms with Gasteiger partial charge in [0.15, 0.2) is 23.9 Å². The fourth-order valence-electron chi connectivity index (χ4n) is 3.41. The summed E-state index contributed by atoms with van der Waals surface area (Å²) in [5, 5.41) is 0. The SMILES string of the molecule is COCCN(CCOC)C(=O)COc1ccc2c(c1)OC(=Cc1ccc3c(c1)OCO3)C2=O. The minimum absolute atomic E-state index is 0.153. The molecule has 1 amide bonds. The largest absolute Gasteiger partial charge is 0.484 e. The van der Waals surface area contributed by atoms with Crippen molar-refractivity contribution in [1.29, 1.82) is 0 Å². The number of hydrogen-bond donors (Lipinski definition) is 0. The highest BCUT2D eigenvalue weighted by molar-refractivity contribution is 6.14. The Hall–Kier alpha value is -3.56. The first-order chi connectivity index (χ1) is 16.1. The first-order valence-electron chi connectivity index (χ1n) is 10.5. The first-order valence-corrected chi connectivity index (χ1v) is 10.5. The summed E-state index contributed by atoms with van der Waals surface area (Å²) in [5.74, 6) is 1.88. The van der Waals surface area contributed by atoms with E-state index in [4.69, 9.17) is 28.4 Å². The number of allylic oxidation sites excluding steroid dienone is 1. The molecule has 2 aromatic carbocycles. The van der Waals surface area contributed by atoms with E-state index in [1.807, 2.05) is 6.07 Å². The molecule has 0 radical (unpaired) electrons. The first kappa shape index (κ1) is 22.6.